The Morgan fingerprint density at radius 1 is 1.23 bits per heavy atom. The van der Waals surface area contributed by atoms with Gasteiger partial charge in [-0.05, 0) is 23.6 Å². The molecule has 0 aliphatic rings. The molecule has 0 radical (unpaired) electrons. The van der Waals surface area contributed by atoms with E-state index in [1.807, 2.05) is 30.3 Å². The quantitative estimate of drug-likeness (QED) is 0.476. The maximum atomic E-state index is 11.9. The fraction of sp³-hybridized carbons (Fsp3) is 0.176. The molecule has 0 fully saturated rings. The predicted octanol–water partition coefficient (Wildman–Crippen LogP) is 3.36. The third-order valence-corrected chi connectivity index (χ3v) is 6.71. The maximum absolute atomic E-state index is 11.9. The normalized spacial score (nSPS) is 11.6. The number of thiophene rings is 1. The van der Waals surface area contributed by atoms with Crippen LogP contribution in [0, 0.1) is 0 Å². The number of nitrogens with one attached hydrogen (secondary N) is 1. The first-order valence-corrected chi connectivity index (χ1v) is 10.4. The number of carbonyl (C=O) groups excluding carboxylic acids is 1. The highest BCUT2D eigenvalue weighted by Gasteiger charge is 2.15. The average molecular weight is 411 g/mol. The summed E-state index contributed by atoms with van der Waals surface area (Å²) in [6, 6.07) is 12.4. The second-order valence-corrected chi connectivity index (χ2v) is 8.67. The zero-order chi connectivity index (χ0) is 18.6. The zero-order valence-electron chi connectivity index (χ0n) is 13.5. The van der Waals surface area contributed by atoms with E-state index in [2.05, 4.69) is 9.71 Å². The van der Waals surface area contributed by atoms with Gasteiger partial charge < -0.3 is 4.74 Å². The molecule has 0 saturated heterocycles. The van der Waals surface area contributed by atoms with Gasteiger partial charge in [0.15, 0.2) is 0 Å². The third kappa shape index (κ3) is 4.59. The number of carbonyl (C=O) groups is 1. The third-order valence-electron chi connectivity index (χ3n) is 3.52. The van der Waals surface area contributed by atoms with Crippen molar-refractivity contribution in [2.45, 2.75) is 17.2 Å². The number of para-hydroxylation sites is 1. The Hall–Kier alpha value is -2.00. The lowest BCUT2D eigenvalue weighted by molar-refractivity contribution is -0.144. The summed E-state index contributed by atoms with van der Waals surface area (Å²) in [4.78, 5) is 16.1. The number of fused-ring (bicyclic) bond motifs is 1. The molecule has 0 amide bonds. The molecule has 3 aromatic rings. The van der Waals surface area contributed by atoms with Gasteiger partial charge in [-0.2, -0.15) is 0 Å². The van der Waals surface area contributed by atoms with E-state index in [0.29, 0.717) is 5.56 Å². The Bertz CT molecular complexity index is 1020. The molecule has 0 atom stereocenters. The molecule has 0 saturated carbocycles. The second kappa shape index (κ2) is 8.13. The Balaban J connectivity index is 1.52. The molecule has 3 rings (SSSR count). The van der Waals surface area contributed by atoms with Gasteiger partial charge in [-0.3, -0.25) is 4.79 Å². The Morgan fingerprint density at radius 3 is 2.81 bits per heavy atom. The molecule has 1 aromatic carbocycles. The van der Waals surface area contributed by atoms with Crippen molar-refractivity contribution >= 4 is 49.8 Å². The number of rotatable bonds is 7. The van der Waals surface area contributed by atoms with Crippen molar-refractivity contribution in [2.75, 3.05) is 6.54 Å². The number of benzene rings is 1. The predicted molar refractivity (Wildman–Crippen MR) is 101 cm³/mol. The number of nitrogens with zero attached hydrogens (tertiary/aromatic N) is 1. The molecule has 1 N–H and O–H groups in total. The molecule has 0 aliphatic carbocycles. The van der Waals surface area contributed by atoms with Crippen LogP contribution >= 0.6 is 22.9 Å². The van der Waals surface area contributed by atoms with Gasteiger partial charge in [0.05, 0.1) is 11.9 Å². The van der Waals surface area contributed by atoms with Gasteiger partial charge in [-0.25, -0.2) is 18.1 Å². The maximum Gasteiger partial charge on any atom is 0.307 e. The number of pyridine rings is 1. The molecule has 0 bridgehead atoms. The number of ether oxygens (including phenoxy) is 1. The van der Waals surface area contributed by atoms with Crippen LogP contribution in [0.1, 0.15) is 12.0 Å². The van der Waals surface area contributed by atoms with Crippen LogP contribution in [0.5, 0.6) is 0 Å². The number of hydrogen-bond donors (Lipinski definition) is 1. The first-order chi connectivity index (χ1) is 12.5. The van der Waals surface area contributed by atoms with Crippen LogP contribution in [-0.2, 0) is 26.2 Å². The smallest absolute Gasteiger partial charge is 0.307 e. The second-order valence-electron chi connectivity index (χ2n) is 5.37. The van der Waals surface area contributed by atoms with Crippen LogP contribution in [0.25, 0.3) is 10.9 Å². The minimum absolute atomic E-state index is 0.0207. The van der Waals surface area contributed by atoms with Crippen molar-refractivity contribution in [3.63, 3.8) is 0 Å². The number of hydrogen-bond acceptors (Lipinski definition) is 6. The Labute approximate surface area is 159 Å². The van der Waals surface area contributed by atoms with Crippen molar-refractivity contribution in [2.24, 2.45) is 0 Å². The fourth-order valence-corrected chi connectivity index (χ4v) is 4.51. The van der Waals surface area contributed by atoms with Crippen LogP contribution in [0.4, 0.5) is 0 Å². The van der Waals surface area contributed by atoms with E-state index in [1.54, 1.807) is 11.4 Å². The van der Waals surface area contributed by atoms with Gasteiger partial charge in [0.25, 0.3) is 0 Å². The summed E-state index contributed by atoms with van der Waals surface area (Å²) in [5, 5.41) is 2.84. The average Bonchev–Trinajstić information content (AvgIpc) is 3.15. The van der Waals surface area contributed by atoms with E-state index < -0.39 is 16.0 Å². The fourth-order valence-electron chi connectivity index (χ4n) is 2.24. The standard InChI is InChI=1S/C17H15ClN2O4S2/c18-17-13(10-12-4-1-2-5-14(12)20-17)11-24-15(21)7-8-19-26(22,23)16-6-3-9-25-16/h1-6,9-10,19H,7-8,11H2. The zero-order valence-corrected chi connectivity index (χ0v) is 15.9. The molecule has 6 nitrogen and oxygen atoms in total. The lowest BCUT2D eigenvalue weighted by Crippen LogP contribution is -2.26. The summed E-state index contributed by atoms with van der Waals surface area (Å²) >= 11 is 7.23. The molecule has 2 aromatic heterocycles. The van der Waals surface area contributed by atoms with E-state index in [1.165, 1.54) is 6.07 Å². The van der Waals surface area contributed by atoms with E-state index in [0.717, 1.165) is 22.2 Å². The van der Waals surface area contributed by atoms with Crippen LogP contribution in [-0.4, -0.2) is 25.9 Å². The summed E-state index contributed by atoms with van der Waals surface area (Å²) in [6.45, 7) is -0.0596. The van der Waals surface area contributed by atoms with Gasteiger partial charge in [-0.15, -0.1) is 11.3 Å². The van der Waals surface area contributed by atoms with Crippen molar-refractivity contribution in [1.29, 1.82) is 0 Å². The van der Waals surface area contributed by atoms with Crippen molar-refractivity contribution in [3.05, 3.63) is 58.6 Å². The first-order valence-electron chi connectivity index (χ1n) is 7.69. The SMILES string of the molecule is O=C(CCNS(=O)(=O)c1cccs1)OCc1cc2ccccc2nc1Cl. The molecule has 136 valence electrons. The van der Waals surface area contributed by atoms with Gasteiger partial charge in [-0.1, -0.05) is 35.9 Å². The van der Waals surface area contributed by atoms with Gasteiger partial charge in [0, 0.05) is 17.5 Å². The minimum Gasteiger partial charge on any atom is -0.461 e. The lowest BCUT2D eigenvalue weighted by atomic mass is 10.2. The summed E-state index contributed by atoms with van der Waals surface area (Å²) in [7, 11) is -3.58. The highest BCUT2D eigenvalue weighted by molar-refractivity contribution is 7.91. The largest absolute Gasteiger partial charge is 0.461 e. The van der Waals surface area contributed by atoms with Gasteiger partial charge in [0.1, 0.15) is 16.0 Å². The van der Waals surface area contributed by atoms with Gasteiger partial charge >= 0.3 is 5.97 Å². The molecular weight excluding hydrogens is 396 g/mol. The topological polar surface area (TPSA) is 85.4 Å². The molecule has 26 heavy (non-hydrogen) atoms. The summed E-state index contributed by atoms with van der Waals surface area (Å²) in [5.74, 6) is -0.525. The van der Waals surface area contributed by atoms with E-state index in [4.69, 9.17) is 16.3 Å². The Morgan fingerprint density at radius 2 is 2.04 bits per heavy atom. The summed E-state index contributed by atoms with van der Waals surface area (Å²) in [5.41, 5.74) is 1.36. The summed E-state index contributed by atoms with van der Waals surface area (Å²) in [6.07, 6.45) is -0.0801. The van der Waals surface area contributed by atoms with Crippen LogP contribution in [0.15, 0.2) is 52.1 Å². The van der Waals surface area contributed by atoms with Crippen LogP contribution in [0.2, 0.25) is 5.15 Å². The monoisotopic (exact) mass is 410 g/mol. The number of esters is 1. The molecule has 9 heteroatoms. The highest BCUT2D eigenvalue weighted by Crippen LogP contribution is 2.21. The van der Waals surface area contributed by atoms with E-state index in [9.17, 15) is 13.2 Å². The highest BCUT2D eigenvalue weighted by atomic mass is 35.5. The summed E-state index contributed by atoms with van der Waals surface area (Å²) < 4.78 is 31.6. The van der Waals surface area contributed by atoms with E-state index >= 15 is 0 Å². The molecule has 2 heterocycles. The van der Waals surface area contributed by atoms with Crippen molar-refractivity contribution < 1.29 is 17.9 Å². The van der Waals surface area contributed by atoms with Crippen molar-refractivity contribution in [3.8, 4) is 0 Å². The molecule has 0 spiro atoms. The lowest BCUT2D eigenvalue weighted by Gasteiger charge is -2.08. The molecule has 0 aliphatic heterocycles. The minimum atomic E-state index is -3.58. The van der Waals surface area contributed by atoms with E-state index in [-0.39, 0.29) is 28.9 Å². The van der Waals surface area contributed by atoms with Crippen molar-refractivity contribution in [1.82, 2.24) is 9.71 Å². The number of halogens is 1. The van der Waals surface area contributed by atoms with Crippen LogP contribution < -0.4 is 4.72 Å². The number of aromatic nitrogens is 1. The van der Waals surface area contributed by atoms with Gasteiger partial charge in [0.2, 0.25) is 10.0 Å². The number of sulfonamides is 1. The molecular formula is C17H15ClN2O4S2. The Kier molecular flexibility index (Phi) is 5.87. The van der Waals surface area contributed by atoms with Crippen LogP contribution in [0.3, 0.4) is 0 Å². The first kappa shape index (κ1) is 18.8. The molecule has 0 unspecified atom stereocenters.